The van der Waals surface area contributed by atoms with Gasteiger partial charge in [-0.25, -0.2) is 4.99 Å². The normalized spacial score (nSPS) is 20.8. The third-order valence-corrected chi connectivity index (χ3v) is 6.57. The van der Waals surface area contributed by atoms with Crippen LogP contribution in [0.5, 0.6) is 0 Å². The first-order valence-corrected chi connectivity index (χ1v) is 11.3. The minimum absolute atomic E-state index is 0.0646. The van der Waals surface area contributed by atoms with Gasteiger partial charge in [-0.05, 0) is 50.2 Å². The predicted molar refractivity (Wildman–Crippen MR) is 121 cm³/mol. The van der Waals surface area contributed by atoms with Gasteiger partial charge in [0.25, 0.3) is 0 Å². The Balaban J connectivity index is 1.88. The van der Waals surface area contributed by atoms with Crippen molar-refractivity contribution in [3.63, 3.8) is 0 Å². The molecule has 3 rings (SSSR count). The van der Waals surface area contributed by atoms with Crippen molar-refractivity contribution >= 4 is 17.6 Å². The van der Waals surface area contributed by atoms with Gasteiger partial charge in [-0.1, -0.05) is 43.9 Å². The van der Waals surface area contributed by atoms with E-state index in [9.17, 15) is 13.2 Å². The highest BCUT2D eigenvalue weighted by atomic mass is 19.4. The Morgan fingerprint density at radius 3 is 2.56 bits per heavy atom. The predicted octanol–water partition coefficient (Wildman–Crippen LogP) is 5.59. The van der Waals surface area contributed by atoms with Crippen LogP contribution in [-0.2, 0) is 17.3 Å². The highest BCUT2D eigenvalue weighted by molar-refractivity contribution is 5.91. The summed E-state index contributed by atoms with van der Waals surface area (Å²) in [5.74, 6) is 0.821. The largest absolute Gasteiger partial charge is 0.483 e. The van der Waals surface area contributed by atoms with E-state index in [1.165, 1.54) is 26.0 Å². The van der Waals surface area contributed by atoms with Gasteiger partial charge in [0.15, 0.2) is 5.96 Å². The lowest BCUT2D eigenvalue weighted by Crippen LogP contribution is -2.44. The molecule has 1 aromatic rings. The monoisotopic (exact) mass is 450 g/mol. The molecule has 1 aromatic carbocycles. The molecule has 1 aliphatic heterocycles. The molecule has 0 bridgehead atoms. The number of aryl methyl sites for hydroxylation is 1. The van der Waals surface area contributed by atoms with E-state index < -0.39 is 11.7 Å². The molecule has 2 fully saturated rings. The van der Waals surface area contributed by atoms with Gasteiger partial charge in [-0.15, -0.1) is 0 Å². The summed E-state index contributed by atoms with van der Waals surface area (Å²) in [5.41, 5.74) is 6.23. The highest BCUT2D eigenvalue weighted by Crippen LogP contribution is 2.36. The SMILES string of the molecule is C/C=C(\N=C(OC)C1CCCN1C(=N)N)c1ccc(CCC2CCCC2)c(C(F)(F)F)c1. The first-order chi connectivity index (χ1) is 15.2. The second kappa shape index (κ2) is 10.4. The van der Waals surface area contributed by atoms with Gasteiger partial charge in [0.1, 0.15) is 6.04 Å². The second-order valence-corrected chi connectivity index (χ2v) is 8.62. The van der Waals surface area contributed by atoms with Crippen molar-refractivity contribution in [1.82, 2.24) is 4.90 Å². The van der Waals surface area contributed by atoms with E-state index in [-0.39, 0.29) is 12.0 Å². The summed E-state index contributed by atoms with van der Waals surface area (Å²) in [6, 6.07) is 4.21. The first-order valence-electron chi connectivity index (χ1n) is 11.3. The first kappa shape index (κ1) is 24.1. The lowest BCUT2D eigenvalue weighted by Gasteiger charge is -2.25. The molecular weight excluding hydrogens is 417 g/mol. The van der Waals surface area contributed by atoms with Crippen molar-refractivity contribution in [2.45, 2.75) is 70.5 Å². The third-order valence-electron chi connectivity index (χ3n) is 6.57. The number of nitrogens with zero attached hydrogens (tertiary/aromatic N) is 2. The van der Waals surface area contributed by atoms with Crippen LogP contribution >= 0.6 is 0 Å². The Kier molecular flexibility index (Phi) is 7.85. The molecule has 0 spiro atoms. The van der Waals surface area contributed by atoms with Crippen LogP contribution < -0.4 is 5.73 Å². The number of benzene rings is 1. The molecule has 8 heteroatoms. The summed E-state index contributed by atoms with van der Waals surface area (Å²) < 4.78 is 47.1. The van der Waals surface area contributed by atoms with E-state index in [1.54, 1.807) is 30.0 Å². The molecule has 1 atom stereocenters. The topological polar surface area (TPSA) is 74.7 Å². The zero-order valence-corrected chi connectivity index (χ0v) is 18.8. The fraction of sp³-hybridized carbons (Fsp3) is 0.583. The summed E-state index contributed by atoms with van der Waals surface area (Å²) in [7, 11) is 1.48. The van der Waals surface area contributed by atoms with Crippen LogP contribution in [0.25, 0.3) is 5.70 Å². The maximum atomic E-state index is 13.9. The average molecular weight is 451 g/mol. The van der Waals surface area contributed by atoms with Crippen LogP contribution in [0.3, 0.4) is 0 Å². The van der Waals surface area contributed by atoms with Gasteiger partial charge in [-0.2, -0.15) is 13.2 Å². The van der Waals surface area contributed by atoms with Crippen LogP contribution in [0, 0.1) is 11.3 Å². The van der Waals surface area contributed by atoms with Gasteiger partial charge < -0.3 is 15.4 Å². The van der Waals surface area contributed by atoms with E-state index in [1.807, 2.05) is 0 Å². The van der Waals surface area contributed by atoms with E-state index >= 15 is 0 Å². The van der Waals surface area contributed by atoms with Gasteiger partial charge in [-0.3, -0.25) is 5.41 Å². The van der Waals surface area contributed by atoms with Gasteiger partial charge in [0, 0.05) is 12.1 Å². The number of aliphatic imine (C=N–C) groups is 1. The van der Waals surface area contributed by atoms with Gasteiger partial charge in [0.05, 0.1) is 18.4 Å². The number of nitrogens with two attached hydrogens (primary N) is 1. The van der Waals surface area contributed by atoms with E-state index in [0.717, 1.165) is 32.1 Å². The molecule has 1 aliphatic carbocycles. The molecule has 0 amide bonds. The fourth-order valence-corrected chi connectivity index (χ4v) is 4.86. The minimum atomic E-state index is -4.43. The van der Waals surface area contributed by atoms with E-state index in [2.05, 4.69) is 4.99 Å². The Morgan fingerprint density at radius 2 is 1.97 bits per heavy atom. The van der Waals surface area contributed by atoms with Crippen molar-refractivity contribution in [2.24, 2.45) is 16.6 Å². The molecular formula is C24H33F3N4O. The minimum Gasteiger partial charge on any atom is -0.483 e. The van der Waals surface area contributed by atoms with Crippen LogP contribution in [0.15, 0.2) is 29.3 Å². The Labute approximate surface area is 188 Å². The maximum absolute atomic E-state index is 13.9. The molecule has 1 saturated heterocycles. The van der Waals surface area contributed by atoms with E-state index in [0.29, 0.717) is 41.6 Å². The molecule has 176 valence electrons. The fourth-order valence-electron chi connectivity index (χ4n) is 4.86. The van der Waals surface area contributed by atoms with Gasteiger partial charge in [0.2, 0.25) is 5.90 Å². The van der Waals surface area contributed by atoms with Crippen molar-refractivity contribution < 1.29 is 17.9 Å². The summed E-state index contributed by atoms with van der Waals surface area (Å²) in [4.78, 5) is 6.25. The zero-order valence-electron chi connectivity index (χ0n) is 18.8. The van der Waals surface area contributed by atoms with E-state index in [4.69, 9.17) is 15.9 Å². The molecule has 0 aromatic heterocycles. The van der Waals surface area contributed by atoms with Crippen molar-refractivity contribution in [1.29, 1.82) is 5.41 Å². The molecule has 0 radical (unpaired) electrons. The van der Waals surface area contributed by atoms with Crippen LogP contribution in [0.4, 0.5) is 13.2 Å². The number of guanidine groups is 1. The second-order valence-electron chi connectivity index (χ2n) is 8.62. The summed E-state index contributed by atoms with van der Waals surface area (Å²) >= 11 is 0. The number of hydrogen-bond donors (Lipinski definition) is 2. The summed E-state index contributed by atoms with van der Waals surface area (Å²) in [5, 5.41) is 7.76. The number of likely N-dealkylation sites (tertiary alicyclic amines) is 1. The quantitative estimate of drug-likeness (QED) is 0.438. The number of halogens is 3. The number of hydrogen-bond acceptors (Lipinski definition) is 3. The lowest BCUT2D eigenvalue weighted by molar-refractivity contribution is -0.138. The molecule has 3 N–H and O–H groups in total. The zero-order chi connectivity index (χ0) is 23.3. The number of nitrogens with one attached hydrogen (secondary N) is 1. The molecule has 2 aliphatic rings. The van der Waals surface area contributed by atoms with Crippen molar-refractivity contribution in [2.75, 3.05) is 13.7 Å². The number of alkyl halides is 3. The molecule has 5 nitrogen and oxygen atoms in total. The number of allylic oxidation sites excluding steroid dienone is 1. The maximum Gasteiger partial charge on any atom is 0.416 e. The van der Waals surface area contributed by atoms with Gasteiger partial charge >= 0.3 is 6.18 Å². The Bertz CT molecular complexity index is 872. The summed E-state index contributed by atoms with van der Waals surface area (Å²) in [6.07, 6.45) is 4.66. The number of methoxy groups -OCH3 is 1. The smallest absolute Gasteiger partial charge is 0.416 e. The summed E-state index contributed by atoms with van der Waals surface area (Å²) in [6.45, 7) is 2.37. The molecule has 1 saturated carbocycles. The Hall–Kier alpha value is -2.51. The molecule has 1 heterocycles. The van der Waals surface area contributed by atoms with Crippen LogP contribution in [-0.4, -0.2) is 36.5 Å². The van der Waals surface area contributed by atoms with Crippen LogP contribution in [0.2, 0.25) is 0 Å². The Morgan fingerprint density at radius 1 is 1.25 bits per heavy atom. The van der Waals surface area contributed by atoms with Crippen molar-refractivity contribution in [3.8, 4) is 0 Å². The third kappa shape index (κ3) is 5.64. The molecule has 1 unspecified atom stereocenters. The highest BCUT2D eigenvalue weighted by Gasteiger charge is 2.34. The number of ether oxygens (including phenoxy) is 1. The average Bonchev–Trinajstić information content (AvgIpc) is 3.45. The standard InChI is InChI=1S/C24H33F3N4O/c1-3-20(30-22(32-2)21-9-6-14-31(21)23(28)29)18-13-12-17(19(15-18)24(25,26)27)11-10-16-7-4-5-8-16/h3,12-13,15-16,21H,4-11,14H2,1-2H3,(H3,28,29)/b20-3-,30-22?. The van der Waals surface area contributed by atoms with Crippen molar-refractivity contribution in [3.05, 3.63) is 41.0 Å². The number of rotatable bonds is 6. The lowest BCUT2D eigenvalue weighted by atomic mass is 9.93. The van der Waals surface area contributed by atoms with Crippen LogP contribution in [0.1, 0.15) is 68.6 Å². The molecule has 32 heavy (non-hydrogen) atoms.